The molecule has 0 radical (unpaired) electrons. The fourth-order valence-corrected chi connectivity index (χ4v) is 2.57. The lowest BCUT2D eigenvalue weighted by Gasteiger charge is -2.11. The lowest BCUT2D eigenvalue weighted by Crippen LogP contribution is -2.02. The molecule has 0 bridgehead atoms. The van der Waals surface area contributed by atoms with Gasteiger partial charge in [-0.2, -0.15) is 4.98 Å². The summed E-state index contributed by atoms with van der Waals surface area (Å²) in [5.74, 6) is 4.29. The zero-order chi connectivity index (χ0) is 17.9. The van der Waals surface area contributed by atoms with Gasteiger partial charge < -0.3 is 15.6 Å². The van der Waals surface area contributed by atoms with E-state index in [1.807, 2.05) is 55.5 Å². The van der Waals surface area contributed by atoms with Gasteiger partial charge >= 0.3 is 0 Å². The number of benzene rings is 2. The second kappa shape index (κ2) is 6.57. The Balaban J connectivity index is 1.61. The number of hydrogen-bond donors (Lipinski definition) is 3. The maximum atomic E-state index is 5.39. The molecule has 0 aliphatic rings. The van der Waals surface area contributed by atoms with Gasteiger partial charge in [0.15, 0.2) is 5.82 Å². The Morgan fingerprint density at radius 3 is 2.65 bits per heavy atom. The standard InChI is InChI=1S/C20H16N6/c1-3-18-24-16-10-9-15(11-17(16)25-18)22-19-13(2)12-21-20(26-19)23-14-7-5-4-6-8-14/h1,4-12H,2H3,(H,24,25)(H2,21,22,23,26). The van der Waals surface area contributed by atoms with Crippen molar-refractivity contribution in [2.45, 2.75) is 6.92 Å². The minimum absolute atomic E-state index is 0.518. The van der Waals surface area contributed by atoms with E-state index in [2.05, 4.69) is 36.5 Å². The molecule has 26 heavy (non-hydrogen) atoms. The predicted molar refractivity (Wildman–Crippen MR) is 104 cm³/mol. The monoisotopic (exact) mass is 340 g/mol. The molecule has 0 aliphatic heterocycles. The van der Waals surface area contributed by atoms with Crippen LogP contribution in [0.5, 0.6) is 0 Å². The van der Waals surface area contributed by atoms with Crippen molar-refractivity contribution < 1.29 is 0 Å². The van der Waals surface area contributed by atoms with Crippen LogP contribution in [0.1, 0.15) is 11.4 Å². The summed E-state index contributed by atoms with van der Waals surface area (Å²) in [5, 5.41) is 6.52. The molecule has 2 aromatic heterocycles. The maximum Gasteiger partial charge on any atom is 0.229 e. The third-order valence-electron chi connectivity index (χ3n) is 3.88. The van der Waals surface area contributed by atoms with E-state index in [0.717, 1.165) is 33.8 Å². The molecule has 0 atom stereocenters. The van der Waals surface area contributed by atoms with Crippen molar-refractivity contribution in [2.75, 3.05) is 10.6 Å². The van der Waals surface area contributed by atoms with Crippen LogP contribution in [0.25, 0.3) is 11.0 Å². The first kappa shape index (κ1) is 15.7. The first-order valence-corrected chi connectivity index (χ1v) is 8.10. The van der Waals surface area contributed by atoms with Gasteiger partial charge in [-0.05, 0) is 43.2 Å². The van der Waals surface area contributed by atoms with Crippen LogP contribution in [-0.2, 0) is 0 Å². The molecule has 3 N–H and O–H groups in total. The smallest absolute Gasteiger partial charge is 0.229 e. The summed E-state index contributed by atoms with van der Waals surface area (Å²) >= 11 is 0. The SMILES string of the molecule is C#Cc1nc2ccc(Nc3nc(Nc4ccccc4)ncc3C)cc2[nH]1. The summed E-state index contributed by atoms with van der Waals surface area (Å²) in [6.45, 7) is 1.96. The Labute approximate surface area is 150 Å². The van der Waals surface area contributed by atoms with Gasteiger partial charge in [0.1, 0.15) is 5.82 Å². The molecule has 0 aliphatic carbocycles. The fourth-order valence-electron chi connectivity index (χ4n) is 2.57. The van der Waals surface area contributed by atoms with Crippen LogP contribution in [-0.4, -0.2) is 19.9 Å². The van der Waals surface area contributed by atoms with E-state index >= 15 is 0 Å². The number of aryl methyl sites for hydroxylation is 1. The third-order valence-corrected chi connectivity index (χ3v) is 3.88. The summed E-state index contributed by atoms with van der Waals surface area (Å²) in [7, 11) is 0. The Morgan fingerprint density at radius 2 is 1.85 bits per heavy atom. The second-order valence-electron chi connectivity index (χ2n) is 5.80. The van der Waals surface area contributed by atoms with Crippen LogP contribution in [0, 0.1) is 19.3 Å². The Bertz CT molecular complexity index is 1110. The lowest BCUT2D eigenvalue weighted by atomic mass is 10.2. The number of hydrogen-bond acceptors (Lipinski definition) is 5. The number of terminal acetylenes is 1. The minimum atomic E-state index is 0.518. The van der Waals surface area contributed by atoms with Gasteiger partial charge in [0.05, 0.1) is 11.0 Å². The number of aromatic amines is 1. The molecule has 4 rings (SSSR count). The van der Waals surface area contributed by atoms with Crippen LogP contribution in [0.4, 0.5) is 23.1 Å². The number of H-pyrrole nitrogens is 1. The number of nitrogens with one attached hydrogen (secondary N) is 3. The topological polar surface area (TPSA) is 78.5 Å². The molecule has 4 aromatic rings. The van der Waals surface area contributed by atoms with Crippen molar-refractivity contribution >= 4 is 34.2 Å². The van der Waals surface area contributed by atoms with Crippen LogP contribution in [0.15, 0.2) is 54.7 Å². The van der Waals surface area contributed by atoms with E-state index in [-0.39, 0.29) is 0 Å². The molecule has 6 nitrogen and oxygen atoms in total. The first-order valence-electron chi connectivity index (χ1n) is 8.10. The molecule has 0 spiro atoms. The summed E-state index contributed by atoms with van der Waals surface area (Å²) in [6, 6.07) is 15.6. The largest absolute Gasteiger partial charge is 0.340 e. The van der Waals surface area contributed by atoms with E-state index < -0.39 is 0 Å². The summed E-state index contributed by atoms with van der Waals surface area (Å²) < 4.78 is 0. The van der Waals surface area contributed by atoms with Gasteiger partial charge in [-0.1, -0.05) is 18.2 Å². The van der Waals surface area contributed by atoms with Crippen LogP contribution < -0.4 is 10.6 Å². The van der Waals surface area contributed by atoms with Crippen molar-refractivity contribution in [2.24, 2.45) is 0 Å². The normalized spacial score (nSPS) is 10.5. The molecule has 126 valence electrons. The van der Waals surface area contributed by atoms with E-state index in [4.69, 9.17) is 6.42 Å². The molecule has 0 saturated carbocycles. The van der Waals surface area contributed by atoms with E-state index in [1.54, 1.807) is 6.20 Å². The summed E-state index contributed by atoms with van der Waals surface area (Å²) in [4.78, 5) is 16.3. The van der Waals surface area contributed by atoms with E-state index in [1.165, 1.54) is 0 Å². The first-order chi connectivity index (χ1) is 12.7. The summed E-state index contributed by atoms with van der Waals surface area (Å²) in [5.41, 5.74) is 4.46. The highest BCUT2D eigenvalue weighted by Gasteiger charge is 2.07. The number of para-hydroxylation sites is 1. The predicted octanol–water partition coefficient (Wildman–Crippen LogP) is 4.13. The van der Waals surface area contributed by atoms with Gasteiger partial charge in [0.25, 0.3) is 0 Å². The van der Waals surface area contributed by atoms with Crippen molar-refractivity contribution in [1.29, 1.82) is 0 Å². The molecule has 0 unspecified atom stereocenters. The molecule has 0 amide bonds. The van der Waals surface area contributed by atoms with Crippen molar-refractivity contribution in [3.05, 3.63) is 66.1 Å². The molecule has 0 saturated heterocycles. The van der Waals surface area contributed by atoms with Gasteiger partial charge in [-0.25, -0.2) is 9.97 Å². The quantitative estimate of drug-likeness (QED) is 0.487. The van der Waals surface area contributed by atoms with Crippen LogP contribution in [0.2, 0.25) is 0 Å². The molecule has 2 heterocycles. The highest BCUT2D eigenvalue weighted by Crippen LogP contribution is 2.23. The Kier molecular flexibility index (Phi) is 3.96. The van der Waals surface area contributed by atoms with Gasteiger partial charge in [0, 0.05) is 23.1 Å². The van der Waals surface area contributed by atoms with Gasteiger partial charge in [-0.3, -0.25) is 0 Å². The van der Waals surface area contributed by atoms with E-state index in [9.17, 15) is 0 Å². The number of anilines is 4. The number of nitrogens with zero attached hydrogens (tertiary/aromatic N) is 3. The lowest BCUT2D eigenvalue weighted by molar-refractivity contribution is 1.13. The number of fused-ring (bicyclic) bond motifs is 1. The van der Waals surface area contributed by atoms with Crippen molar-refractivity contribution in [3.8, 4) is 12.3 Å². The van der Waals surface area contributed by atoms with Gasteiger partial charge in [0.2, 0.25) is 5.95 Å². The van der Waals surface area contributed by atoms with Crippen LogP contribution in [0.3, 0.4) is 0 Å². The fraction of sp³-hybridized carbons (Fsp3) is 0.0500. The molecule has 6 heteroatoms. The second-order valence-corrected chi connectivity index (χ2v) is 5.80. The van der Waals surface area contributed by atoms with Crippen molar-refractivity contribution in [3.63, 3.8) is 0 Å². The highest BCUT2D eigenvalue weighted by atomic mass is 15.1. The molecular formula is C20H16N6. The average molecular weight is 340 g/mol. The number of rotatable bonds is 4. The molecular weight excluding hydrogens is 324 g/mol. The molecule has 0 fully saturated rings. The molecule has 2 aromatic carbocycles. The maximum absolute atomic E-state index is 5.39. The van der Waals surface area contributed by atoms with Crippen LogP contribution >= 0.6 is 0 Å². The highest BCUT2D eigenvalue weighted by molar-refractivity contribution is 5.81. The van der Waals surface area contributed by atoms with E-state index in [0.29, 0.717) is 11.8 Å². The zero-order valence-electron chi connectivity index (χ0n) is 14.1. The Hall–Kier alpha value is -3.85. The Morgan fingerprint density at radius 1 is 1.00 bits per heavy atom. The third kappa shape index (κ3) is 3.19. The van der Waals surface area contributed by atoms with Crippen molar-refractivity contribution in [1.82, 2.24) is 19.9 Å². The summed E-state index contributed by atoms with van der Waals surface area (Å²) in [6.07, 6.45) is 7.18. The minimum Gasteiger partial charge on any atom is -0.340 e. The average Bonchev–Trinajstić information content (AvgIpc) is 3.08. The van der Waals surface area contributed by atoms with Gasteiger partial charge in [-0.15, -0.1) is 6.42 Å². The number of imidazole rings is 1. The number of aromatic nitrogens is 4. The zero-order valence-corrected chi connectivity index (χ0v) is 14.1.